The molecule has 0 radical (unpaired) electrons. The summed E-state index contributed by atoms with van der Waals surface area (Å²) in [6.07, 6.45) is 0.436. The third kappa shape index (κ3) is 3.47. The van der Waals surface area contributed by atoms with Crippen LogP contribution in [0.1, 0.15) is 18.0 Å². The highest BCUT2D eigenvalue weighted by atomic mass is 35.5. The van der Waals surface area contributed by atoms with Crippen molar-refractivity contribution in [2.45, 2.75) is 12.5 Å². The highest BCUT2D eigenvalue weighted by Crippen LogP contribution is 2.32. The Hall–Kier alpha value is -3.48. The van der Waals surface area contributed by atoms with Crippen LogP contribution in [0.5, 0.6) is 0 Å². The summed E-state index contributed by atoms with van der Waals surface area (Å²) >= 11 is 6.07. The molecule has 0 spiro atoms. The number of fused-ring (bicyclic) bond motifs is 1. The van der Waals surface area contributed by atoms with Crippen LogP contribution in [0.15, 0.2) is 100 Å². The topological polar surface area (TPSA) is 66.3 Å². The Bertz CT molecular complexity index is 1260. The van der Waals surface area contributed by atoms with E-state index in [4.69, 9.17) is 26.4 Å². The summed E-state index contributed by atoms with van der Waals surface area (Å²) in [5.74, 6) is -0.480. The summed E-state index contributed by atoms with van der Waals surface area (Å²) < 4.78 is 0. The minimum Gasteiger partial charge on any atom is -0.345 e. The van der Waals surface area contributed by atoms with Crippen molar-refractivity contribution < 1.29 is 9.63 Å². The standard InChI is InChI=1S/C23H17ClN4O2/c24-16-12-10-15(11-13-16)20-14-21(26-19-9-5-4-8-18(19)25-20)22-23(29)30-27-28(22)17-6-2-1-3-7-17/h1-13,20,27H,14H2. The summed E-state index contributed by atoms with van der Waals surface area (Å²) in [6.45, 7) is 0. The first-order valence-corrected chi connectivity index (χ1v) is 9.89. The summed E-state index contributed by atoms with van der Waals surface area (Å²) in [4.78, 5) is 27.6. The predicted octanol–water partition coefficient (Wildman–Crippen LogP) is 3.42. The van der Waals surface area contributed by atoms with E-state index >= 15 is 0 Å². The molecule has 2 aliphatic rings. The molecule has 1 fully saturated rings. The van der Waals surface area contributed by atoms with Crippen molar-refractivity contribution in [1.82, 2.24) is 5.59 Å². The molecule has 2 heterocycles. The van der Waals surface area contributed by atoms with Gasteiger partial charge < -0.3 is 4.84 Å². The van der Waals surface area contributed by atoms with Crippen molar-refractivity contribution in [3.05, 3.63) is 112 Å². The van der Waals surface area contributed by atoms with Crippen LogP contribution in [0.2, 0.25) is 5.02 Å². The number of nitrogens with one attached hydrogen (secondary N) is 1. The van der Waals surface area contributed by atoms with Crippen LogP contribution in [0.3, 0.4) is 0 Å². The van der Waals surface area contributed by atoms with Gasteiger partial charge in [0, 0.05) is 11.4 Å². The molecular formula is C23H17ClN4O2. The van der Waals surface area contributed by atoms with Crippen LogP contribution in [-0.4, -0.2) is 5.97 Å². The molecule has 0 saturated carbocycles. The van der Waals surface area contributed by atoms with Crippen molar-refractivity contribution in [2.75, 3.05) is 5.01 Å². The number of para-hydroxylation sites is 3. The number of benzene rings is 3. The second-order valence-electron chi connectivity index (χ2n) is 6.95. The molecule has 148 valence electrons. The van der Waals surface area contributed by atoms with E-state index in [0.717, 1.165) is 16.6 Å². The van der Waals surface area contributed by atoms with E-state index in [1.165, 1.54) is 0 Å². The maximum Gasteiger partial charge on any atom is 0.378 e. The third-order valence-electron chi connectivity index (χ3n) is 5.01. The highest BCUT2D eigenvalue weighted by Gasteiger charge is 2.34. The van der Waals surface area contributed by atoms with Gasteiger partial charge in [-0.1, -0.05) is 59.7 Å². The van der Waals surface area contributed by atoms with Crippen molar-refractivity contribution in [3.63, 3.8) is 0 Å². The second kappa shape index (κ2) is 7.74. The lowest BCUT2D eigenvalue weighted by Crippen LogP contribution is -2.29. The van der Waals surface area contributed by atoms with Gasteiger partial charge in [0.1, 0.15) is 0 Å². The van der Waals surface area contributed by atoms with E-state index in [-0.39, 0.29) is 6.04 Å². The molecule has 3 aromatic rings. The van der Waals surface area contributed by atoms with E-state index in [2.05, 4.69) is 5.59 Å². The summed E-state index contributed by atoms with van der Waals surface area (Å²) in [6, 6.07) is 24.5. The minimum absolute atomic E-state index is 0.219. The fourth-order valence-electron chi connectivity index (χ4n) is 3.56. The molecule has 0 amide bonds. The van der Waals surface area contributed by atoms with E-state index in [1.807, 2.05) is 78.9 Å². The molecule has 1 atom stereocenters. The Kier molecular flexibility index (Phi) is 4.78. The number of hydrogen-bond acceptors (Lipinski definition) is 6. The first kappa shape index (κ1) is 18.5. The third-order valence-corrected chi connectivity index (χ3v) is 5.26. The quantitative estimate of drug-likeness (QED) is 0.650. The van der Waals surface area contributed by atoms with Crippen LogP contribution in [0.4, 0.5) is 5.69 Å². The summed E-state index contributed by atoms with van der Waals surface area (Å²) in [5.41, 5.74) is 5.42. The molecule has 1 N–H and O–H groups in total. The van der Waals surface area contributed by atoms with Gasteiger partial charge in [-0.3, -0.25) is 4.99 Å². The van der Waals surface area contributed by atoms with Gasteiger partial charge in [-0.2, -0.15) is 0 Å². The molecule has 0 bridgehead atoms. The smallest absolute Gasteiger partial charge is 0.345 e. The summed E-state index contributed by atoms with van der Waals surface area (Å²) in [5, 5.41) is 3.77. The number of hydrazine groups is 1. The molecule has 1 unspecified atom stereocenters. The molecule has 0 aromatic heterocycles. The lowest BCUT2D eigenvalue weighted by atomic mass is 10.0. The van der Waals surface area contributed by atoms with Crippen molar-refractivity contribution >= 4 is 23.3 Å². The lowest BCUT2D eigenvalue weighted by Gasteiger charge is -2.18. The fraction of sp³-hybridized carbons (Fsp3) is 0.0870. The maximum atomic E-state index is 12.7. The van der Waals surface area contributed by atoms with Crippen LogP contribution in [0.25, 0.3) is 0 Å². The molecule has 2 aliphatic heterocycles. The van der Waals surface area contributed by atoms with Gasteiger partial charge in [0.25, 0.3) is 0 Å². The summed E-state index contributed by atoms with van der Waals surface area (Å²) in [7, 11) is 0. The predicted molar refractivity (Wildman–Crippen MR) is 113 cm³/mol. The van der Waals surface area contributed by atoms with Gasteiger partial charge in [0.2, 0.25) is 0 Å². The number of carbonyl (C=O) groups is 1. The molecule has 0 aliphatic carbocycles. The molecule has 1 saturated heterocycles. The Morgan fingerprint density at radius 2 is 1.63 bits per heavy atom. The first-order valence-electron chi connectivity index (χ1n) is 9.51. The maximum absolute atomic E-state index is 12.7. The molecule has 7 heteroatoms. The molecule has 6 nitrogen and oxygen atoms in total. The fourth-order valence-corrected chi connectivity index (χ4v) is 3.69. The number of rotatable bonds is 2. The van der Waals surface area contributed by atoms with Gasteiger partial charge in [0.15, 0.2) is 5.70 Å². The van der Waals surface area contributed by atoms with Crippen LogP contribution in [-0.2, 0) is 9.63 Å². The number of anilines is 1. The van der Waals surface area contributed by atoms with Gasteiger partial charge in [-0.15, -0.1) is 0 Å². The highest BCUT2D eigenvalue weighted by molar-refractivity contribution is 6.30. The van der Waals surface area contributed by atoms with Crippen molar-refractivity contribution in [2.24, 2.45) is 9.98 Å². The largest absolute Gasteiger partial charge is 0.378 e. The lowest BCUT2D eigenvalue weighted by molar-refractivity contribution is -0.140. The monoisotopic (exact) mass is 416 g/mol. The normalized spacial score (nSPS) is 20.6. The van der Waals surface area contributed by atoms with E-state index in [0.29, 0.717) is 28.2 Å². The first-order chi connectivity index (χ1) is 14.7. The Balaban J connectivity index is 1.70. The minimum atomic E-state index is -0.480. The molecule has 5 rings (SSSR count). The zero-order valence-electron chi connectivity index (χ0n) is 15.8. The zero-order valence-corrected chi connectivity index (χ0v) is 16.6. The van der Waals surface area contributed by atoms with E-state index in [9.17, 15) is 4.79 Å². The SMILES string of the molecule is O=C1ONN(c2ccccc2)C1=C1CC(c2ccc(Cl)cc2)N=c2ccccc2=N1. The molecule has 3 aromatic carbocycles. The van der Waals surface area contributed by atoms with Gasteiger partial charge >= 0.3 is 5.97 Å². The average molecular weight is 417 g/mol. The van der Waals surface area contributed by atoms with Crippen LogP contribution in [0, 0.1) is 0 Å². The molecular weight excluding hydrogens is 400 g/mol. The Labute approximate surface area is 177 Å². The number of halogens is 1. The van der Waals surface area contributed by atoms with Crippen LogP contribution >= 0.6 is 11.6 Å². The Morgan fingerprint density at radius 3 is 2.40 bits per heavy atom. The van der Waals surface area contributed by atoms with E-state index < -0.39 is 5.97 Å². The second-order valence-corrected chi connectivity index (χ2v) is 7.38. The Morgan fingerprint density at radius 1 is 0.933 bits per heavy atom. The van der Waals surface area contributed by atoms with Gasteiger partial charge in [-0.25, -0.2) is 14.8 Å². The van der Waals surface area contributed by atoms with Gasteiger partial charge in [-0.05, 0) is 42.0 Å². The van der Waals surface area contributed by atoms with E-state index in [1.54, 1.807) is 5.01 Å². The number of carbonyl (C=O) groups excluding carboxylic acids is 1. The van der Waals surface area contributed by atoms with Crippen molar-refractivity contribution in [1.29, 1.82) is 0 Å². The number of hydrogen-bond donors (Lipinski definition) is 1. The van der Waals surface area contributed by atoms with Crippen LogP contribution < -0.4 is 21.3 Å². The number of nitrogens with zero attached hydrogens (tertiary/aromatic N) is 3. The molecule has 30 heavy (non-hydrogen) atoms. The zero-order chi connectivity index (χ0) is 20.5. The average Bonchev–Trinajstić information content (AvgIpc) is 3.05. The van der Waals surface area contributed by atoms with Gasteiger partial charge in [0.05, 0.1) is 28.1 Å². The van der Waals surface area contributed by atoms with Crippen molar-refractivity contribution in [3.8, 4) is 0 Å².